The summed E-state index contributed by atoms with van der Waals surface area (Å²) < 4.78 is 11.4. The lowest BCUT2D eigenvalue weighted by atomic mass is 10.5. The van der Waals surface area contributed by atoms with E-state index < -0.39 is 0 Å². The lowest BCUT2D eigenvalue weighted by molar-refractivity contribution is 0.0609. The Morgan fingerprint density at radius 3 is 3.00 bits per heavy atom. The molecule has 0 aromatic heterocycles. The van der Waals surface area contributed by atoms with Crippen LogP contribution in [0.15, 0.2) is 12.7 Å². The van der Waals surface area contributed by atoms with E-state index in [1.165, 1.54) is 0 Å². The van der Waals surface area contributed by atoms with Crippen LogP contribution in [0.2, 0.25) is 0 Å². The van der Waals surface area contributed by atoms with Gasteiger partial charge in [0.25, 0.3) is 0 Å². The Hall–Kier alpha value is -0.410. The molecule has 0 radical (unpaired) electrons. The van der Waals surface area contributed by atoms with Crippen molar-refractivity contribution in [3.63, 3.8) is 0 Å². The van der Waals surface area contributed by atoms with Crippen molar-refractivity contribution in [3.8, 4) is 0 Å². The molecule has 54 valence electrons. The second-order valence-corrected chi connectivity index (χ2v) is 1.54. The largest absolute Gasteiger partial charge is 0.298 e. The fourth-order valence-electron chi connectivity index (χ4n) is 0.329. The van der Waals surface area contributed by atoms with Crippen LogP contribution in [-0.2, 0) is 4.84 Å². The zero-order chi connectivity index (χ0) is 6.95. The minimum atomic E-state index is -0.301. The van der Waals surface area contributed by atoms with Crippen molar-refractivity contribution in [2.24, 2.45) is 0 Å². The van der Waals surface area contributed by atoms with Crippen LogP contribution in [0.4, 0.5) is 4.39 Å². The molecule has 0 aromatic carbocycles. The third kappa shape index (κ3) is 7.59. The molecular weight excluding hydrogens is 121 g/mol. The quantitative estimate of drug-likeness (QED) is 0.332. The highest BCUT2D eigenvalue weighted by Crippen LogP contribution is 1.76. The van der Waals surface area contributed by atoms with E-state index in [2.05, 4.69) is 12.1 Å². The zero-order valence-electron chi connectivity index (χ0n) is 5.40. The summed E-state index contributed by atoms with van der Waals surface area (Å²) in [4.78, 5) is 4.75. The smallest absolute Gasteiger partial charge is 0.0907 e. The molecule has 0 amide bonds. The molecular formula is C6H12FNO. The third-order valence-corrected chi connectivity index (χ3v) is 0.716. The minimum absolute atomic E-state index is 0.301. The minimum Gasteiger partial charge on any atom is -0.298 e. The molecule has 2 nitrogen and oxygen atoms in total. The summed E-state index contributed by atoms with van der Waals surface area (Å²) in [6.45, 7) is 4.16. The van der Waals surface area contributed by atoms with E-state index in [-0.39, 0.29) is 6.67 Å². The van der Waals surface area contributed by atoms with Crippen molar-refractivity contribution in [1.82, 2.24) is 5.48 Å². The predicted octanol–water partition coefficient (Wildman–Crippen LogP) is 1.05. The summed E-state index contributed by atoms with van der Waals surface area (Å²) >= 11 is 0. The van der Waals surface area contributed by atoms with E-state index in [0.29, 0.717) is 19.6 Å². The van der Waals surface area contributed by atoms with Crippen molar-refractivity contribution in [1.29, 1.82) is 0 Å². The van der Waals surface area contributed by atoms with Crippen molar-refractivity contribution < 1.29 is 9.23 Å². The zero-order valence-corrected chi connectivity index (χ0v) is 5.40. The Bertz CT molecular complexity index is 68.1. The maximum Gasteiger partial charge on any atom is 0.0907 e. The average Bonchev–Trinajstić information content (AvgIpc) is 1.89. The van der Waals surface area contributed by atoms with E-state index in [9.17, 15) is 4.39 Å². The maximum atomic E-state index is 11.4. The molecule has 0 atom stereocenters. The van der Waals surface area contributed by atoms with Crippen LogP contribution in [-0.4, -0.2) is 19.8 Å². The Morgan fingerprint density at radius 2 is 2.44 bits per heavy atom. The standard InChI is InChI=1S/C6H12FNO/c1-2-6-9-8-5-3-4-7/h2,8H,1,3-6H2. The summed E-state index contributed by atoms with van der Waals surface area (Å²) in [6.07, 6.45) is 2.12. The van der Waals surface area contributed by atoms with E-state index >= 15 is 0 Å². The number of alkyl halides is 1. The molecule has 0 aliphatic carbocycles. The number of halogens is 1. The summed E-state index contributed by atoms with van der Waals surface area (Å²) in [6, 6.07) is 0. The Morgan fingerprint density at radius 1 is 1.67 bits per heavy atom. The molecule has 9 heavy (non-hydrogen) atoms. The lowest BCUT2D eigenvalue weighted by Crippen LogP contribution is -2.16. The fraction of sp³-hybridized carbons (Fsp3) is 0.667. The Labute approximate surface area is 54.7 Å². The monoisotopic (exact) mass is 133 g/mol. The van der Waals surface area contributed by atoms with E-state index in [0.717, 1.165) is 0 Å². The van der Waals surface area contributed by atoms with Gasteiger partial charge in [-0.25, -0.2) is 5.48 Å². The molecule has 0 saturated carbocycles. The van der Waals surface area contributed by atoms with Crippen LogP contribution >= 0.6 is 0 Å². The highest BCUT2D eigenvalue weighted by Gasteiger charge is 1.83. The average molecular weight is 133 g/mol. The first-order valence-corrected chi connectivity index (χ1v) is 2.93. The molecule has 0 saturated heterocycles. The topological polar surface area (TPSA) is 21.3 Å². The molecule has 0 aliphatic rings. The fourth-order valence-corrected chi connectivity index (χ4v) is 0.329. The van der Waals surface area contributed by atoms with Crippen LogP contribution in [0.1, 0.15) is 6.42 Å². The summed E-state index contributed by atoms with van der Waals surface area (Å²) in [5, 5.41) is 0. The second-order valence-electron chi connectivity index (χ2n) is 1.54. The van der Waals surface area contributed by atoms with Gasteiger partial charge in [0.2, 0.25) is 0 Å². The lowest BCUT2D eigenvalue weighted by Gasteiger charge is -1.99. The first kappa shape index (κ1) is 8.59. The molecule has 0 aromatic rings. The van der Waals surface area contributed by atoms with Gasteiger partial charge in [0.1, 0.15) is 0 Å². The molecule has 0 unspecified atom stereocenters. The molecule has 0 spiro atoms. The van der Waals surface area contributed by atoms with Crippen molar-refractivity contribution >= 4 is 0 Å². The molecule has 1 N–H and O–H groups in total. The molecule has 3 heteroatoms. The Kier molecular flexibility index (Phi) is 7.24. The summed E-state index contributed by atoms with van der Waals surface area (Å²) in [5.74, 6) is 0. The highest BCUT2D eigenvalue weighted by molar-refractivity contribution is 4.62. The molecule has 0 rings (SSSR count). The first-order chi connectivity index (χ1) is 4.41. The molecule has 0 bridgehead atoms. The summed E-state index contributed by atoms with van der Waals surface area (Å²) in [5.41, 5.74) is 2.58. The normalized spacial score (nSPS) is 9.44. The summed E-state index contributed by atoms with van der Waals surface area (Å²) in [7, 11) is 0. The highest BCUT2D eigenvalue weighted by atomic mass is 19.1. The van der Waals surface area contributed by atoms with Crippen LogP contribution in [0.5, 0.6) is 0 Å². The van der Waals surface area contributed by atoms with Crippen LogP contribution < -0.4 is 5.48 Å². The predicted molar refractivity (Wildman–Crippen MR) is 34.7 cm³/mol. The molecule has 0 heterocycles. The van der Waals surface area contributed by atoms with Gasteiger partial charge in [0.15, 0.2) is 0 Å². The van der Waals surface area contributed by atoms with Crippen LogP contribution in [0.3, 0.4) is 0 Å². The van der Waals surface area contributed by atoms with Crippen molar-refractivity contribution in [2.75, 3.05) is 19.8 Å². The van der Waals surface area contributed by atoms with Gasteiger partial charge < -0.3 is 0 Å². The van der Waals surface area contributed by atoms with Crippen LogP contribution in [0, 0.1) is 0 Å². The third-order valence-electron chi connectivity index (χ3n) is 0.716. The van der Waals surface area contributed by atoms with Gasteiger partial charge in [-0.05, 0) is 6.42 Å². The Balaban J connectivity index is 2.66. The number of rotatable bonds is 6. The van der Waals surface area contributed by atoms with Crippen molar-refractivity contribution in [2.45, 2.75) is 6.42 Å². The number of hydrogen-bond donors (Lipinski definition) is 1. The van der Waals surface area contributed by atoms with E-state index in [1.807, 2.05) is 0 Å². The van der Waals surface area contributed by atoms with Gasteiger partial charge in [-0.3, -0.25) is 9.23 Å². The van der Waals surface area contributed by atoms with Crippen LogP contribution in [0.25, 0.3) is 0 Å². The molecule has 0 aliphatic heterocycles. The number of nitrogens with one attached hydrogen (secondary N) is 1. The van der Waals surface area contributed by atoms with Gasteiger partial charge in [-0.15, -0.1) is 6.58 Å². The van der Waals surface area contributed by atoms with Gasteiger partial charge in [-0.2, -0.15) is 0 Å². The van der Waals surface area contributed by atoms with Gasteiger partial charge in [0.05, 0.1) is 13.3 Å². The van der Waals surface area contributed by atoms with Crippen molar-refractivity contribution in [3.05, 3.63) is 12.7 Å². The number of hydroxylamine groups is 1. The maximum absolute atomic E-state index is 11.4. The van der Waals surface area contributed by atoms with E-state index in [1.54, 1.807) is 6.08 Å². The molecule has 0 fully saturated rings. The first-order valence-electron chi connectivity index (χ1n) is 2.93. The second kappa shape index (κ2) is 7.59. The van der Waals surface area contributed by atoms with Gasteiger partial charge in [-0.1, -0.05) is 6.08 Å². The number of hydrogen-bond acceptors (Lipinski definition) is 2. The van der Waals surface area contributed by atoms with E-state index in [4.69, 9.17) is 4.84 Å². The van der Waals surface area contributed by atoms with Gasteiger partial charge in [0, 0.05) is 6.54 Å². The SMILES string of the molecule is C=CCONCCCF. The van der Waals surface area contributed by atoms with Gasteiger partial charge >= 0.3 is 0 Å².